The highest BCUT2D eigenvalue weighted by atomic mass is 32.1. The predicted octanol–water partition coefficient (Wildman–Crippen LogP) is 4.07. The zero-order valence-electron chi connectivity index (χ0n) is 19.9. The van der Waals surface area contributed by atoms with Crippen molar-refractivity contribution in [1.82, 2.24) is 19.8 Å². The van der Waals surface area contributed by atoms with Crippen LogP contribution in [0.25, 0.3) is 10.2 Å². The summed E-state index contributed by atoms with van der Waals surface area (Å²) < 4.78 is 7.45. The number of hydrogen-bond acceptors (Lipinski definition) is 6. The summed E-state index contributed by atoms with van der Waals surface area (Å²) in [5.74, 6) is 1.55. The fourth-order valence-electron chi connectivity index (χ4n) is 5.33. The lowest BCUT2D eigenvalue weighted by atomic mass is 10.0. The smallest absolute Gasteiger partial charge is 0.262 e. The van der Waals surface area contributed by atoms with Gasteiger partial charge in [-0.3, -0.25) is 19.1 Å². The molecule has 0 aliphatic carbocycles. The van der Waals surface area contributed by atoms with Crippen molar-refractivity contribution in [2.75, 3.05) is 26.7 Å². The number of aryl methyl sites for hydroxylation is 2. The van der Waals surface area contributed by atoms with E-state index in [4.69, 9.17) is 9.72 Å². The molecule has 1 amide bonds. The van der Waals surface area contributed by atoms with Gasteiger partial charge < -0.3 is 10.1 Å². The van der Waals surface area contributed by atoms with E-state index in [-0.39, 0.29) is 17.5 Å². The average molecular weight is 481 g/mol. The summed E-state index contributed by atoms with van der Waals surface area (Å²) in [5.41, 5.74) is 1.83. The average Bonchev–Trinajstić information content (AvgIpc) is 3.42. The third kappa shape index (κ3) is 4.25. The molecule has 3 aromatic rings. The number of carbonyl (C=O) groups excluding carboxylic acids is 1. The highest BCUT2D eigenvalue weighted by molar-refractivity contribution is 7.20. The molecule has 7 nitrogen and oxygen atoms in total. The second-order valence-corrected chi connectivity index (χ2v) is 10.2. The molecule has 1 N–H and O–H groups in total. The number of benzene rings is 1. The number of thiophene rings is 1. The third-order valence-electron chi connectivity index (χ3n) is 7.15. The van der Waals surface area contributed by atoms with Gasteiger partial charge in [0.2, 0.25) is 0 Å². The van der Waals surface area contributed by atoms with Crippen molar-refractivity contribution in [2.45, 2.75) is 58.0 Å². The number of ether oxygens (including phenoxy) is 1. The zero-order valence-corrected chi connectivity index (χ0v) is 20.7. The number of amides is 1. The molecule has 1 atom stereocenters. The maximum atomic E-state index is 13.3. The molecule has 0 spiro atoms. The Bertz CT molecular complexity index is 1260. The molecule has 1 aromatic carbocycles. The van der Waals surface area contributed by atoms with Gasteiger partial charge in [0.15, 0.2) is 0 Å². The Morgan fingerprint density at radius 3 is 2.71 bits per heavy atom. The number of methoxy groups -OCH3 is 1. The Balaban J connectivity index is 1.43. The highest BCUT2D eigenvalue weighted by Crippen LogP contribution is 2.32. The molecule has 34 heavy (non-hydrogen) atoms. The van der Waals surface area contributed by atoms with E-state index in [2.05, 4.69) is 16.3 Å². The van der Waals surface area contributed by atoms with Gasteiger partial charge >= 0.3 is 0 Å². The summed E-state index contributed by atoms with van der Waals surface area (Å²) in [4.78, 5) is 35.1. The minimum Gasteiger partial charge on any atom is -0.496 e. The lowest BCUT2D eigenvalue weighted by Crippen LogP contribution is -2.37. The second kappa shape index (κ2) is 9.88. The van der Waals surface area contributed by atoms with Crippen molar-refractivity contribution in [3.8, 4) is 5.75 Å². The van der Waals surface area contributed by atoms with Crippen LogP contribution in [0.15, 0.2) is 29.1 Å². The molecule has 180 valence electrons. The molecule has 8 heteroatoms. The maximum absolute atomic E-state index is 13.3. The van der Waals surface area contributed by atoms with E-state index in [1.807, 2.05) is 29.7 Å². The number of nitrogens with zero attached hydrogens (tertiary/aromatic N) is 3. The van der Waals surface area contributed by atoms with Crippen molar-refractivity contribution in [3.05, 3.63) is 56.4 Å². The lowest BCUT2D eigenvalue weighted by Gasteiger charge is -2.29. The number of likely N-dealkylation sites (tertiary alicyclic amines) is 1. The first-order chi connectivity index (χ1) is 16.6. The number of hydrogen-bond donors (Lipinski definition) is 1. The first kappa shape index (κ1) is 23.1. The third-order valence-corrected chi connectivity index (χ3v) is 8.34. The van der Waals surface area contributed by atoms with E-state index >= 15 is 0 Å². The monoisotopic (exact) mass is 480 g/mol. The van der Waals surface area contributed by atoms with E-state index in [1.165, 1.54) is 11.3 Å². The summed E-state index contributed by atoms with van der Waals surface area (Å²) in [7, 11) is 1.69. The number of aromatic nitrogens is 2. The predicted molar refractivity (Wildman–Crippen MR) is 135 cm³/mol. The van der Waals surface area contributed by atoms with Crippen LogP contribution in [0.2, 0.25) is 0 Å². The van der Waals surface area contributed by atoms with Crippen LogP contribution in [0.5, 0.6) is 5.75 Å². The molecule has 0 bridgehead atoms. The lowest BCUT2D eigenvalue weighted by molar-refractivity contribution is 0.0941. The number of fused-ring (bicyclic) bond motifs is 2. The van der Waals surface area contributed by atoms with Crippen molar-refractivity contribution in [1.29, 1.82) is 0 Å². The summed E-state index contributed by atoms with van der Waals surface area (Å²) >= 11 is 1.34. The van der Waals surface area contributed by atoms with Gasteiger partial charge in [0, 0.05) is 25.1 Å². The van der Waals surface area contributed by atoms with Gasteiger partial charge in [-0.2, -0.15) is 0 Å². The number of para-hydroxylation sites is 1. The molecular formula is C26H32N4O3S. The largest absolute Gasteiger partial charge is 0.496 e. The molecule has 1 unspecified atom stereocenters. The van der Waals surface area contributed by atoms with Gasteiger partial charge in [0.1, 0.15) is 16.4 Å². The topological polar surface area (TPSA) is 76.5 Å². The van der Waals surface area contributed by atoms with Crippen molar-refractivity contribution in [2.24, 2.45) is 0 Å². The summed E-state index contributed by atoms with van der Waals surface area (Å²) in [6, 6.07) is 8.07. The highest BCUT2D eigenvalue weighted by Gasteiger charge is 2.28. The van der Waals surface area contributed by atoms with Crippen LogP contribution >= 0.6 is 11.3 Å². The van der Waals surface area contributed by atoms with E-state index < -0.39 is 0 Å². The number of nitrogens with one attached hydrogen (secondary N) is 1. The molecule has 1 fully saturated rings. The van der Waals surface area contributed by atoms with Crippen LogP contribution in [-0.2, 0) is 13.0 Å². The Hall–Kier alpha value is -2.71. The molecule has 2 aliphatic rings. The zero-order chi connectivity index (χ0) is 23.7. The SMILES string of the molecule is COc1ccccc1C(CNC(=O)c1sc2nc3n(c(=O)c2c1C)CCCCC3)N1CCCC1. The summed E-state index contributed by atoms with van der Waals surface area (Å²) in [5, 5.41) is 3.76. The Labute approximate surface area is 203 Å². The summed E-state index contributed by atoms with van der Waals surface area (Å²) in [6.45, 7) is 5.08. The summed E-state index contributed by atoms with van der Waals surface area (Å²) in [6.07, 6.45) is 6.31. The molecule has 1 saturated heterocycles. The van der Waals surface area contributed by atoms with Gasteiger partial charge in [0.25, 0.3) is 11.5 Å². The molecule has 2 aliphatic heterocycles. The molecule has 4 heterocycles. The Morgan fingerprint density at radius 2 is 1.91 bits per heavy atom. The van der Waals surface area contributed by atoms with Gasteiger partial charge in [-0.1, -0.05) is 24.6 Å². The van der Waals surface area contributed by atoms with Gasteiger partial charge in [-0.05, 0) is 57.3 Å². The van der Waals surface area contributed by atoms with Crippen LogP contribution in [0.1, 0.15) is 64.8 Å². The quantitative estimate of drug-likeness (QED) is 0.576. The van der Waals surface area contributed by atoms with E-state index in [9.17, 15) is 9.59 Å². The normalized spacial score (nSPS) is 17.4. The molecule has 5 rings (SSSR count). The van der Waals surface area contributed by atoms with Crippen molar-refractivity contribution >= 4 is 27.5 Å². The van der Waals surface area contributed by atoms with Gasteiger partial charge in [0.05, 0.1) is 23.4 Å². The van der Waals surface area contributed by atoms with E-state index in [0.717, 1.165) is 74.3 Å². The minimum absolute atomic E-state index is 0.00124. The molecular weight excluding hydrogens is 448 g/mol. The van der Waals surface area contributed by atoms with Crippen LogP contribution in [-0.4, -0.2) is 47.1 Å². The molecule has 2 aromatic heterocycles. The number of rotatable bonds is 6. The first-order valence-electron chi connectivity index (χ1n) is 12.3. The Kier molecular flexibility index (Phi) is 6.70. The standard InChI is InChI=1S/C26H32N4O3S/c1-17-22-25(28-21-12-4-3-7-15-30(21)26(22)32)34-23(17)24(31)27-16-19(29-13-8-9-14-29)18-10-5-6-11-20(18)33-2/h5-6,10-11,19H,3-4,7-9,12-16H2,1-2H3,(H,27,31). The fraction of sp³-hybridized carbons (Fsp3) is 0.500. The van der Waals surface area contributed by atoms with Crippen molar-refractivity contribution in [3.63, 3.8) is 0 Å². The Morgan fingerprint density at radius 1 is 1.15 bits per heavy atom. The van der Waals surface area contributed by atoms with E-state index in [0.29, 0.717) is 28.2 Å². The van der Waals surface area contributed by atoms with Gasteiger partial charge in [-0.15, -0.1) is 11.3 Å². The molecule has 0 radical (unpaired) electrons. The van der Waals surface area contributed by atoms with E-state index in [1.54, 1.807) is 7.11 Å². The van der Waals surface area contributed by atoms with Crippen LogP contribution in [0.4, 0.5) is 0 Å². The van der Waals surface area contributed by atoms with Crippen LogP contribution < -0.4 is 15.6 Å². The maximum Gasteiger partial charge on any atom is 0.262 e. The van der Waals surface area contributed by atoms with Crippen LogP contribution in [0.3, 0.4) is 0 Å². The minimum atomic E-state index is -0.140. The fourth-order valence-corrected chi connectivity index (χ4v) is 6.43. The van der Waals surface area contributed by atoms with Crippen LogP contribution in [0, 0.1) is 6.92 Å². The molecule has 0 saturated carbocycles. The first-order valence-corrected chi connectivity index (χ1v) is 13.1. The second-order valence-electron chi connectivity index (χ2n) is 9.24. The van der Waals surface area contributed by atoms with Gasteiger partial charge in [-0.25, -0.2) is 4.98 Å². The van der Waals surface area contributed by atoms with Crippen molar-refractivity contribution < 1.29 is 9.53 Å². The number of carbonyl (C=O) groups is 1.